The molecular weight excluding hydrogens is 929 g/mol. The van der Waals surface area contributed by atoms with Gasteiger partial charge in [0.25, 0.3) is 0 Å². The molecule has 10 aromatic carbocycles. The lowest BCUT2D eigenvalue weighted by atomic mass is 9.82. The molecule has 0 radical (unpaired) electrons. The molecule has 0 aliphatic carbocycles. The Hall–Kier alpha value is -9.65. The maximum absolute atomic E-state index is 9.10. The Balaban J connectivity index is 0.885. The first-order valence-electron chi connectivity index (χ1n) is 30.1. The van der Waals surface area contributed by atoms with Gasteiger partial charge in [0, 0.05) is 63.1 Å². The molecule has 2 aromatic heterocycles. The molecular formula is C70H54N4O2. The van der Waals surface area contributed by atoms with Crippen LogP contribution < -0.4 is 19.3 Å². The first kappa shape index (κ1) is 36.3. The number of pyridine rings is 1. The lowest BCUT2D eigenvalue weighted by molar-refractivity contribution is 0.483. The minimum absolute atomic E-state index is 0.0926. The van der Waals surface area contributed by atoms with Crippen molar-refractivity contribution in [3.8, 4) is 73.3 Å². The van der Waals surface area contributed by atoms with Crippen molar-refractivity contribution in [3.63, 3.8) is 0 Å². The molecule has 0 saturated carbocycles. The van der Waals surface area contributed by atoms with Crippen molar-refractivity contribution in [2.75, 3.05) is 16.5 Å². The lowest BCUT2D eigenvalue weighted by Gasteiger charge is -2.27. The molecule has 12 aromatic rings. The Kier molecular flexibility index (Phi) is 9.23. The average molecular weight is 993 g/mol. The van der Waals surface area contributed by atoms with E-state index in [-0.39, 0.29) is 40.0 Å². The molecule has 366 valence electrons. The number of benzene rings is 10. The molecule has 0 unspecified atom stereocenters. The number of nitrogens with zero attached hydrogens (tertiary/aromatic N) is 4. The monoisotopic (exact) mass is 992 g/mol. The molecule has 6 nitrogen and oxygen atoms in total. The molecule has 0 fully saturated rings. The Morgan fingerprint density at radius 2 is 1.01 bits per heavy atom. The second-order valence-corrected chi connectivity index (χ2v) is 19.7. The predicted molar refractivity (Wildman–Crippen MR) is 314 cm³/mol. The van der Waals surface area contributed by atoms with Crippen LogP contribution in [0.15, 0.2) is 261 Å². The van der Waals surface area contributed by atoms with Gasteiger partial charge in [0.15, 0.2) is 0 Å². The molecule has 1 aliphatic rings. The van der Waals surface area contributed by atoms with Crippen molar-refractivity contribution < 1.29 is 23.2 Å². The van der Waals surface area contributed by atoms with E-state index in [4.69, 9.17) is 28.2 Å². The standard InChI is InChI=1S/C70H54N4O2/c1-70(2,3)52-42-61(50-26-12-6-13-27-50)69(62(43-52)51-28-14-7-15-29-51)76-56-40-41-71-67(46-56)74-63-35-17-16-32-59(63)60-39-38-55(45-66(60)74)75-54-31-20-30-53(44-54)72-47-73(65-37-19-18-36-64(65)72)68-57(48-22-8-4-9-23-48)33-21-34-58(68)49-24-10-5-11-25-49/h4-46H,47H2,1-3H3/i4D,5D,8D,9D,10D,11D,22D,23D,24D,25D. The van der Waals surface area contributed by atoms with E-state index in [1.54, 1.807) is 24.4 Å². The van der Waals surface area contributed by atoms with Crippen molar-refractivity contribution in [2.45, 2.75) is 26.2 Å². The number of fused-ring (bicyclic) bond motifs is 4. The third-order valence-electron chi connectivity index (χ3n) is 13.9. The molecule has 76 heavy (non-hydrogen) atoms. The SMILES string of the molecule is [2H]c1c([2H])c([2H])c(-c2cccc(-c3c([2H])c([2H])c([2H])c([2H])c3[2H])c2N2CN(c3cccc(Oc4ccc5c6ccccc6n(-c6cc(Oc7c(-c8ccccc8)cc(C(C)(C)C)cc7-c7ccccc7)ccn6)c5c4)c3)c3ccccc32)c([2H])c1[2H]. The van der Waals surface area contributed by atoms with Crippen LogP contribution in [0.5, 0.6) is 23.0 Å². The summed E-state index contributed by atoms with van der Waals surface area (Å²) < 4.78 is 104. The van der Waals surface area contributed by atoms with Gasteiger partial charge in [-0.25, -0.2) is 4.98 Å². The second kappa shape index (κ2) is 19.3. The Labute approximate surface area is 458 Å². The third-order valence-corrected chi connectivity index (χ3v) is 13.9. The highest BCUT2D eigenvalue weighted by Crippen LogP contribution is 2.51. The number of hydrogen-bond acceptors (Lipinski definition) is 5. The minimum atomic E-state index is -0.559. The van der Waals surface area contributed by atoms with E-state index in [1.165, 1.54) is 5.56 Å². The zero-order valence-electron chi connectivity index (χ0n) is 51.9. The number of hydrogen-bond donors (Lipinski definition) is 0. The van der Waals surface area contributed by atoms with Crippen LogP contribution in [-0.4, -0.2) is 16.2 Å². The first-order chi connectivity index (χ1) is 41.5. The van der Waals surface area contributed by atoms with Gasteiger partial charge in [0.05, 0.1) is 41.8 Å². The fourth-order valence-electron chi connectivity index (χ4n) is 10.3. The quantitative estimate of drug-likeness (QED) is 0.129. The molecule has 0 amide bonds. The number of para-hydroxylation sites is 4. The van der Waals surface area contributed by atoms with Crippen LogP contribution in [0, 0.1) is 0 Å². The van der Waals surface area contributed by atoms with Crippen LogP contribution in [-0.2, 0) is 5.41 Å². The van der Waals surface area contributed by atoms with Crippen LogP contribution in [0.2, 0.25) is 0 Å². The summed E-state index contributed by atoms with van der Waals surface area (Å²) in [5, 5.41) is 2.02. The summed E-state index contributed by atoms with van der Waals surface area (Å²) >= 11 is 0. The van der Waals surface area contributed by atoms with Crippen LogP contribution >= 0.6 is 0 Å². The predicted octanol–water partition coefficient (Wildman–Crippen LogP) is 19.0. The maximum atomic E-state index is 9.10. The van der Waals surface area contributed by atoms with E-state index >= 15 is 0 Å². The molecule has 6 heteroatoms. The van der Waals surface area contributed by atoms with Crippen LogP contribution in [0.25, 0.3) is 72.1 Å². The van der Waals surface area contributed by atoms with Gasteiger partial charge in [-0.2, -0.15) is 0 Å². The summed E-state index contributed by atoms with van der Waals surface area (Å²) in [7, 11) is 0. The molecule has 0 spiro atoms. The third kappa shape index (κ3) is 8.59. The molecule has 0 saturated heterocycles. The number of ether oxygens (including phenoxy) is 2. The van der Waals surface area contributed by atoms with Crippen LogP contribution in [0.3, 0.4) is 0 Å². The van der Waals surface area contributed by atoms with Crippen molar-refractivity contribution >= 4 is 44.6 Å². The van der Waals surface area contributed by atoms with Crippen molar-refractivity contribution in [2.24, 2.45) is 0 Å². The Morgan fingerprint density at radius 1 is 0.447 bits per heavy atom. The molecule has 0 atom stereocenters. The molecule has 0 bridgehead atoms. The van der Waals surface area contributed by atoms with Gasteiger partial charge in [-0.15, -0.1) is 0 Å². The van der Waals surface area contributed by atoms with Gasteiger partial charge in [-0.05, 0) is 93.9 Å². The number of rotatable bonds is 11. The van der Waals surface area contributed by atoms with E-state index in [1.807, 2.05) is 131 Å². The number of anilines is 4. The van der Waals surface area contributed by atoms with Crippen LogP contribution in [0.4, 0.5) is 22.7 Å². The van der Waals surface area contributed by atoms with Gasteiger partial charge < -0.3 is 19.3 Å². The van der Waals surface area contributed by atoms with Crippen LogP contribution in [0.1, 0.15) is 40.0 Å². The first-order valence-corrected chi connectivity index (χ1v) is 25.1. The Morgan fingerprint density at radius 3 is 1.67 bits per heavy atom. The van der Waals surface area contributed by atoms with E-state index in [0.29, 0.717) is 28.8 Å². The smallest absolute Gasteiger partial charge is 0.143 e. The van der Waals surface area contributed by atoms with E-state index < -0.39 is 60.4 Å². The summed E-state index contributed by atoms with van der Waals surface area (Å²) in [6, 6.07) is 58.2. The topological polar surface area (TPSA) is 42.8 Å². The lowest BCUT2D eigenvalue weighted by Crippen LogP contribution is -2.24. The number of aromatic nitrogens is 2. The van der Waals surface area contributed by atoms with Gasteiger partial charge >= 0.3 is 0 Å². The molecule has 13 rings (SSSR count). The summed E-state index contributed by atoms with van der Waals surface area (Å²) in [4.78, 5) is 8.91. The molecule has 3 heterocycles. The van der Waals surface area contributed by atoms with Gasteiger partial charge in [0.2, 0.25) is 0 Å². The van der Waals surface area contributed by atoms with Gasteiger partial charge in [-0.1, -0.05) is 196 Å². The van der Waals surface area contributed by atoms with Crippen molar-refractivity contribution in [1.29, 1.82) is 0 Å². The fraction of sp³-hybridized carbons (Fsp3) is 0.0714. The normalized spacial score (nSPS) is 14.1. The minimum Gasteiger partial charge on any atom is -0.457 e. The molecule has 1 aliphatic heterocycles. The van der Waals surface area contributed by atoms with Gasteiger partial charge in [-0.3, -0.25) is 4.57 Å². The highest BCUT2D eigenvalue weighted by molar-refractivity contribution is 6.09. The largest absolute Gasteiger partial charge is 0.457 e. The van der Waals surface area contributed by atoms with Crippen molar-refractivity contribution in [1.82, 2.24) is 9.55 Å². The maximum Gasteiger partial charge on any atom is 0.143 e. The molecule has 0 N–H and O–H groups in total. The summed E-state index contributed by atoms with van der Waals surface area (Å²) in [6.45, 7) is 6.76. The van der Waals surface area contributed by atoms with Gasteiger partial charge in [0.1, 0.15) is 35.5 Å². The highest BCUT2D eigenvalue weighted by Gasteiger charge is 2.32. The average Bonchev–Trinajstić information content (AvgIpc) is 1.66. The zero-order chi connectivity index (χ0) is 59.9. The van der Waals surface area contributed by atoms with E-state index in [0.717, 1.165) is 61.2 Å². The second-order valence-electron chi connectivity index (χ2n) is 19.7. The Bertz CT molecular complexity index is 4500. The van der Waals surface area contributed by atoms with E-state index in [9.17, 15) is 0 Å². The van der Waals surface area contributed by atoms with E-state index in [2.05, 4.69) is 79.9 Å². The summed E-state index contributed by atoms with van der Waals surface area (Å²) in [6.07, 6.45) is 1.77. The fourth-order valence-corrected chi connectivity index (χ4v) is 10.3. The summed E-state index contributed by atoms with van der Waals surface area (Å²) in [5.74, 6) is 3.06. The van der Waals surface area contributed by atoms with Crippen molar-refractivity contribution in [3.05, 3.63) is 266 Å². The highest BCUT2D eigenvalue weighted by atomic mass is 16.5. The zero-order valence-corrected chi connectivity index (χ0v) is 41.9. The summed E-state index contributed by atoms with van der Waals surface area (Å²) in [5.41, 5.74) is 9.47.